The maximum Gasteiger partial charge on any atom is 0.160 e. The molecule has 1 fully saturated rings. The first-order valence-corrected chi connectivity index (χ1v) is 23.0. The number of fused-ring (bicyclic) bond motifs is 8. The minimum atomic E-state index is -0.0892. The van der Waals surface area contributed by atoms with E-state index in [1.807, 2.05) is 6.07 Å². The number of allylic oxidation sites excluding steroid dienone is 4. The summed E-state index contributed by atoms with van der Waals surface area (Å²) in [6.07, 6.45) is 13.4. The molecule has 1 heterocycles. The van der Waals surface area contributed by atoms with E-state index in [9.17, 15) is 0 Å². The monoisotopic (exact) mass is 810 g/mol. The molecule has 304 valence electrons. The second-order valence-electron chi connectivity index (χ2n) is 18.7. The molecule has 0 saturated heterocycles. The number of hydrogen-bond donors (Lipinski definition) is 0. The zero-order chi connectivity index (χ0) is 42.1. The lowest BCUT2D eigenvalue weighted by molar-refractivity contribution is 0.353. The van der Waals surface area contributed by atoms with Gasteiger partial charge in [0.15, 0.2) is 5.82 Å². The summed E-state index contributed by atoms with van der Waals surface area (Å²) in [6.45, 7) is 4.89. The highest BCUT2D eigenvalue weighted by atomic mass is 14.9. The van der Waals surface area contributed by atoms with Gasteiger partial charge < -0.3 is 0 Å². The molecule has 1 saturated carbocycles. The third-order valence-corrected chi connectivity index (χ3v) is 14.8. The molecule has 63 heavy (non-hydrogen) atoms. The molecule has 8 aromatic rings. The molecule has 4 aliphatic carbocycles. The highest BCUT2D eigenvalue weighted by molar-refractivity contribution is 5.92. The number of aromatic nitrogens is 2. The second kappa shape index (κ2) is 14.9. The molecule has 7 aromatic carbocycles. The zero-order valence-electron chi connectivity index (χ0n) is 36.2. The van der Waals surface area contributed by atoms with Gasteiger partial charge in [0.25, 0.3) is 0 Å². The molecule has 1 spiro atoms. The van der Waals surface area contributed by atoms with Gasteiger partial charge in [-0.3, -0.25) is 0 Å². The Morgan fingerprint density at radius 3 is 1.79 bits per heavy atom. The van der Waals surface area contributed by atoms with Gasteiger partial charge in [0.05, 0.1) is 11.4 Å². The Balaban J connectivity index is 0.878. The van der Waals surface area contributed by atoms with E-state index < -0.39 is 0 Å². The van der Waals surface area contributed by atoms with Gasteiger partial charge in [0.2, 0.25) is 0 Å². The Morgan fingerprint density at radius 1 is 0.413 bits per heavy atom. The lowest BCUT2D eigenvalue weighted by Gasteiger charge is -2.36. The number of nitrogens with zero attached hydrogens (tertiary/aromatic N) is 2. The van der Waals surface area contributed by atoms with Crippen LogP contribution in [0.4, 0.5) is 0 Å². The normalized spacial score (nSPS) is 16.4. The smallest absolute Gasteiger partial charge is 0.160 e. The van der Waals surface area contributed by atoms with E-state index in [0.717, 1.165) is 46.7 Å². The Hall–Kier alpha value is -6.90. The Labute approximate surface area is 371 Å². The van der Waals surface area contributed by atoms with E-state index in [0.29, 0.717) is 0 Å². The van der Waals surface area contributed by atoms with Gasteiger partial charge in [0, 0.05) is 27.5 Å². The van der Waals surface area contributed by atoms with Crippen molar-refractivity contribution in [2.24, 2.45) is 0 Å². The molecule has 4 aliphatic rings. The van der Waals surface area contributed by atoms with Crippen molar-refractivity contribution in [2.45, 2.75) is 69.6 Å². The van der Waals surface area contributed by atoms with E-state index in [1.165, 1.54) is 98.9 Å². The summed E-state index contributed by atoms with van der Waals surface area (Å²) < 4.78 is 0. The number of hydrogen-bond acceptors (Lipinski definition) is 2. The first kappa shape index (κ1) is 37.8. The topological polar surface area (TPSA) is 25.8 Å². The van der Waals surface area contributed by atoms with E-state index in [1.54, 1.807) is 11.1 Å². The van der Waals surface area contributed by atoms with Crippen LogP contribution in [-0.4, -0.2) is 9.97 Å². The maximum absolute atomic E-state index is 5.19. The molecule has 0 atom stereocenters. The quantitative estimate of drug-likeness (QED) is 0.167. The van der Waals surface area contributed by atoms with Crippen LogP contribution < -0.4 is 0 Å². The van der Waals surface area contributed by atoms with Crippen molar-refractivity contribution in [3.05, 3.63) is 215 Å². The minimum absolute atomic E-state index is 0.0892. The third-order valence-electron chi connectivity index (χ3n) is 14.8. The fourth-order valence-corrected chi connectivity index (χ4v) is 11.5. The Kier molecular flexibility index (Phi) is 8.94. The fraction of sp³-hybridized carbons (Fsp3) is 0.180. The Morgan fingerprint density at radius 2 is 1.00 bits per heavy atom. The van der Waals surface area contributed by atoms with Crippen LogP contribution in [-0.2, 0) is 10.8 Å². The Bertz CT molecular complexity index is 3140. The number of rotatable bonds is 6. The number of benzene rings is 7. The van der Waals surface area contributed by atoms with Crippen LogP contribution in [0.5, 0.6) is 0 Å². The van der Waals surface area contributed by atoms with Crippen molar-refractivity contribution in [3.63, 3.8) is 0 Å². The lowest BCUT2D eigenvalue weighted by Crippen LogP contribution is -2.28. The van der Waals surface area contributed by atoms with Crippen LogP contribution in [0.25, 0.3) is 78.4 Å². The molecule has 12 rings (SSSR count). The first-order valence-electron chi connectivity index (χ1n) is 23.0. The third kappa shape index (κ3) is 6.29. The largest absolute Gasteiger partial charge is 0.228 e. The van der Waals surface area contributed by atoms with Crippen LogP contribution in [0.1, 0.15) is 92.2 Å². The lowest BCUT2D eigenvalue weighted by atomic mass is 9.67. The molecule has 0 unspecified atom stereocenters. The molecule has 0 radical (unpaired) electrons. The van der Waals surface area contributed by atoms with E-state index in [-0.39, 0.29) is 10.8 Å². The van der Waals surface area contributed by atoms with Crippen molar-refractivity contribution in [1.29, 1.82) is 0 Å². The van der Waals surface area contributed by atoms with Crippen LogP contribution in [0.2, 0.25) is 0 Å². The van der Waals surface area contributed by atoms with Crippen molar-refractivity contribution >= 4 is 11.1 Å². The van der Waals surface area contributed by atoms with Crippen molar-refractivity contribution in [3.8, 4) is 67.3 Å². The summed E-state index contributed by atoms with van der Waals surface area (Å²) in [6, 6.07) is 62.5. The first-order chi connectivity index (χ1) is 30.9. The summed E-state index contributed by atoms with van der Waals surface area (Å²) >= 11 is 0. The molecule has 0 amide bonds. The summed E-state index contributed by atoms with van der Waals surface area (Å²) in [7, 11) is 0. The van der Waals surface area contributed by atoms with Gasteiger partial charge in [-0.05, 0) is 134 Å². The molecule has 0 aliphatic heterocycles. The molecule has 2 heteroatoms. The zero-order valence-corrected chi connectivity index (χ0v) is 36.2. The molecule has 0 bridgehead atoms. The highest BCUT2D eigenvalue weighted by Crippen LogP contribution is 2.60. The molecular weight excluding hydrogens is 761 g/mol. The van der Waals surface area contributed by atoms with Gasteiger partial charge in [-0.1, -0.05) is 185 Å². The summed E-state index contributed by atoms with van der Waals surface area (Å²) in [5.74, 6) is 0.726. The average molecular weight is 811 g/mol. The molecule has 2 nitrogen and oxygen atoms in total. The average Bonchev–Trinajstić information content (AvgIpc) is 3.74. The van der Waals surface area contributed by atoms with E-state index in [4.69, 9.17) is 9.97 Å². The highest BCUT2D eigenvalue weighted by Gasteiger charge is 2.46. The minimum Gasteiger partial charge on any atom is -0.228 e. The van der Waals surface area contributed by atoms with Crippen molar-refractivity contribution in [1.82, 2.24) is 9.97 Å². The van der Waals surface area contributed by atoms with Gasteiger partial charge in [0.1, 0.15) is 0 Å². The van der Waals surface area contributed by atoms with Gasteiger partial charge in [-0.25, -0.2) is 9.97 Å². The predicted molar refractivity (Wildman–Crippen MR) is 262 cm³/mol. The van der Waals surface area contributed by atoms with Gasteiger partial charge in [-0.15, -0.1) is 0 Å². The maximum atomic E-state index is 5.19. The fourth-order valence-electron chi connectivity index (χ4n) is 11.5. The van der Waals surface area contributed by atoms with Crippen LogP contribution >= 0.6 is 0 Å². The molecule has 1 aromatic heterocycles. The summed E-state index contributed by atoms with van der Waals surface area (Å²) in [5, 5.41) is 0. The van der Waals surface area contributed by atoms with E-state index in [2.05, 4.69) is 190 Å². The summed E-state index contributed by atoms with van der Waals surface area (Å²) in [5.41, 5.74) is 24.5. The van der Waals surface area contributed by atoms with Crippen molar-refractivity contribution in [2.75, 3.05) is 0 Å². The molecular formula is C61H50N2. The van der Waals surface area contributed by atoms with Crippen LogP contribution in [0.15, 0.2) is 182 Å². The van der Waals surface area contributed by atoms with Gasteiger partial charge >= 0.3 is 0 Å². The van der Waals surface area contributed by atoms with E-state index >= 15 is 0 Å². The SMILES string of the molecule is CC1(C)c2cc(C3=CC(c4cccc(-c5cc(-c6ccc(-c7ccccc7)cc6)nc(-c6ccccc6)n5)c4)=CCC3)ccc2-c2cc3c(cc21)-c1ccccc1C31CCCCC1. The standard InChI is InChI=1S/C61H50N2/c1-60(2)54-36-47(30-31-50(54)51-38-56-52(37-55(51)60)49-24-10-11-25-53(49)61(56)32-12-5-13-33-61)45-21-14-20-44(34-45)46-22-15-23-48(35-46)58-39-57(62-59(63-58)43-18-8-4-9-19-43)42-28-26-41(27-29-42)40-16-6-3-7-17-40/h3-4,6-11,15-20,22-31,34-39H,5,12-14,21,32-33H2,1-2H3. The second-order valence-corrected chi connectivity index (χ2v) is 18.7. The van der Waals surface area contributed by atoms with Crippen LogP contribution in [0, 0.1) is 0 Å². The predicted octanol–water partition coefficient (Wildman–Crippen LogP) is 15.9. The summed E-state index contributed by atoms with van der Waals surface area (Å²) in [4.78, 5) is 10.3. The molecule has 0 N–H and O–H groups in total. The van der Waals surface area contributed by atoms with Crippen LogP contribution in [0.3, 0.4) is 0 Å². The van der Waals surface area contributed by atoms with Gasteiger partial charge in [-0.2, -0.15) is 0 Å². The van der Waals surface area contributed by atoms with Crippen molar-refractivity contribution < 1.29 is 0 Å².